The molecule has 0 saturated carbocycles. The van der Waals surface area contributed by atoms with Crippen molar-refractivity contribution in [1.29, 1.82) is 0 Å². The number of hydrogen-bond donors (Lipinski definition) is 1. The third-order valence-electron chi connectivity index (χ3n) is 4.43. The average molecular weight is 365 g/mol. The molecule has 23 heavy (non-hydrogen) atoms. The molecule has 2 aliphatic rings. The summed E-state index contributed by atoms with van der Waals surface area (Å²) < 4.78 is 5.26. The first-order valence-corrected chi connectivity index (χ1v) is 7.86. The molecule has 2 saturated heterocycles. The van der Waals surface area contributed by atoms with E-state index in [4.69, 9.17) is 4.52 Å². The van der Waals surface area contributed by atoms with E-state index in [0.29, 0.717) is 5.91 Å². The number of carbonyl (C=O) groups is 1. The Bertz CT molecular complexity index is 484. The maximum Gasteiger partial charge on any atom is 0.225 e. The largest absolute Gasteiger partial charge is 0.360 e. The summed E-state index contributed by atoms with van der Waals surface area (Å²) in [7, 11) is 0. The van der Waals surface area contributed by atoms with Crippen LogP contribution in [0.25, 0.3) is 0 Å². The van der Waals surface area contributed by atoms with Crippen molar-refractivity contribution in [3.05, 3.63) is 17.5 Å². The summed E-state index contributed by atoms with van der Waals surface area (Å²) in [4.78, 5) is 16.8. The zero-order chi connectivity index (χ0) is 14.7. The van der Waals surface area contributed by atoms with Crippen LogP contribution in [0.4, 0.5) is 0 Å². The van der Waals surface area contributed by atoms with Crippen LogP contribution in [-0.4, -0.2) is 60.1 Å². The molecule has 132 valence electrons. The molecule has 0 unspecified atom stereocenters. The van der Waals surface area contributed by atoms with E-state index in [1.807, 2.05) is 17.9 Å². The van der Waals surface area contributed by atoms with E-state index in [0.717, 1.165) is 70.1 Å². The summed E-state index contributed by atoms with van der Waals surface area (Å²) in [6, 6.07) is 1.98. The second-order valence-corrected chi connectivity index (χ2v) is 6.06. The molecule has 1 aromatic rings. The highest BCUT2D eigenvalue weighted by Gasteiger charge is 2.28. The van der Waals surface area contributed by atoms with Gasteiger partial charge in [0.2, 0.25) is 5.91 Å². The van der Waals surface area contributed by atoms with Crippen molar-refractivity contribution in [3.8, 4) is 0 Å². The van der Waals surface area contributed by atoms with Gasteiger partial charge in [-0.3, -0.25) is 9.69 Å². The quantitative estimate of drug-likeness (QED) is 0.879. The van der Waals surface area contributed by atoms with Crippen molar-refractivity contribution in [2.75, 3.05) is 39.3 Å². The van der Waals surface area contributed by atoms with Crippen molar-refractivity contribution in [2.24, 2.45) is 5.92 Å². The Balaban J connectivity index is 0.00000132. The molecule has 2 aliphatic heterocycles. The van der Waals surface area contributed by atoms with Gasteiger partial charge in [0.05, 0.1) is 12.2 Å². The monoisotopic (exact) mass is 364 g/mol. The van der Waals surface area contributed by atoms with Crippen molar-refractivity contribution >= 4 is 30.7 Å². The molecule has 3 rings (SSSR count). The number of aryl methyl sites for hydroxylation is 1. The van der Waals surface area contributed by atoms with Crippen LogP contribution >= 0.6 is 24.8 Å². The summed E-state index contributed by atoms with van der Waals surface area (Å²) in [5, 5.41) is 7.23. The number of amides is 1. The zero-order valence-electron chi connectivity index (χ0n) is 13.5. The Morgan fingerprint density at radius 3 is 2.48 bits per heavy atom. The third kappa shape index (κ3) is 5.35. The standard InChI is InChI=1S/C15H24N4O2.2ClH/c1-12-10-14(21-17-12)11-18-6-8-19(9-7-18)15(20)13-2-4-16-5-3-13;;/h10,13,16H,2-9,11H2,1H3;2*1H. The molecule has 0 aliphatic carbocycles. The smallest absolute Gasteiger partial charge is 0.225 e. The number of piperidine rings is 1. The summed E-state index contributed by atoms with van der Waals surface area (Å²) in [5.74, 6) is 1.49. The minimum Gasteiger partial charge on any atom is -0.360 e. The summed E-state index contributed by atoms with van der Waals surface area (Å²) in [6.45, 7) is 8.15. The fourth-order valence-electron chi connectivity index (χ4n) is 3.16. The molecule has 2 fully saturated rings. The van der Waals surface area contributed by atoms with Crippen LogP contribution in [-0.2, 0) is 11.3 Å². The molecular formula is C15H26Cl2N4O2. The van der Waals surface area contributed by atoms with Gasteiger partial charge in [-0.2, -0.15) is 0 Å². The molecule has 0 radical (unpaired) electrons. The normalized spacial score (nSPS) is 19.8. The van der Waals surface area contributed by atoms with Gasteiger partial charge in [0, 0.05) is 38.2 Å². The van der Waals surface area contributed by atoms with Gasteiger partial charge < -0.3 is 14.7 Å². The fourth-order valence-corrected chi connectivity index (χ4v) is 3.16. The fraction of sp³-hybridized carbons (Fsp3) is 0.733. The van der Waals surface area contributed by atoms with Crippen LogP contribution in [0.1, 0.15) is 24.3 Å². The molecule has 0 spiro atoms. The number of carbonyl (C=O) groups excluding carboxylic acids is 1. The van der Waals surface area contributed by atoms with Crippen LogP contribution in [0.5, 0.6) is 0 Å². The molecule has 8 heteroatoms. The first-order chi connectivity index (χ1) is 10.2. The highest BCUT2D eigenvalue weighted by atomic mass is 35.5. The first-order valence-electron chi connectivity index (χ1n) is 7.86. The van der Waals surface area contributed by atoms with Gasteiger partial charge in [0.15, 0.2) is 5.76 Å². The maximum atomic E-state index is 12.5. The first kappa shape index (κ1) is 20.2. The SMILES string of the molecule is Cc1cc(CN2CCN(C(=O)C3CCNCC3)CC2)on1.Cl.Cl. The van der Waals surface area contributed by atoms with Crippen LogP contribution in [0.2, 0.25) is 0 Å². The van der Waals surface area contributed by atoms with E-state index < -0.39 is 0 Å². The summed E-state index contributed by atoms with van der Waals surface area (Å²) in [6.07, 6.45) is 1.97. The Hall–Kier alpha value is -0.820. The van der Waals surface area contributed by atoms with Crippen LogP contribution in [0.3, 0.4) is 0 Å². The second-order valence-electron chi connectivity index (χ2n) is 6.06. The third-order valence-corrected chi connectivity index (χ3v) is 4.43. The van der Waals surface area contributed by atoms with E-state index in [9.17, 15) is 4.79 Å². The van der Waals surface area contributed by atoms with E-state index in [-0.39, 0.29) is 30.7 Å². The molecule has 6 nitrogen and oxygen atoms in total. The lowest BCUT2D eigenvalue weighted by atomic mass is 9.96. The predicted molar refractivity (Wildman–Crippen MR) is 93.2 cm³/mol. The minimum absolute atomic E-state index is 0. The molecular weight excluding hydrogens is 339 g/mol. The van der Waals surface area contributed by atoms with Gasteiger partial charge in [0.25, 0.3) is 0 Å². The van der Waals surface area contributed by atoms with Gasteiger partial charge in [-0.05, 0) is 32.9 Å². The number of hydrogen-bond acceptors (Lipinski definition) is 5. The van der Waals surface area contributed by atoms with E-state index in [1.165, 1.54) is 0 Å². The highest BCUT2D eigenvalue weighted by Crippen LogP contribution is 2.17. The second kappa shape index (κ2) is 9.47. The minimum atomic E-state index is 0. The maximum absolute atomic E-state index is 12.5. The number of piperazine rings is 1. The summed E-state index contributed by atoms with van der Waals surface area (Å²) in [5.41, 5.74) is 0.921. The average Bonchev–Trinajstić information content (AvgIpc) is 2.93. The Kier molecular flexibility index (Phi) is 8.33. The number of aromatic nitrogens is 1. The Morgan fingerprint density at radius 2 is 1.91 bits per heavy atom. The number of nitrogens with zero attached hydrogens (tertiary/aromatic N) is 3. The number of rotatable bonds is 3. The lowest BCUT2D eigenvalue weighted by molar-refractivity contribution is -0.138. The topological polar surface area (TPSA) is 61.6 Å². The molecule has 1 N–H and O–H groups in total. The van der Waals surface area contributed by atoms with Crippen molar-refractivity contribution in [1.82, 2.24) is 20.3 Å². The lowest BCUT2D eigenvalue weighted by Gasteiger charge is -2.36. The van der Waals surface area contributed by atoms with Crippen LogP contribution < -0.4 is 5.32 Å². The van der Waals surface area contributed by atoms with Crippen LogP contribution in [0, 0.1) is 12.8 Å². The van der Waals surface area contributed by atoms with E-state index in [2.05, 4.69) is 15.4 Å². The molecule has 3 heterocycles. The highest BCUT2D eigenvalue weighted by molar-refractivity contribution is 5.85. The van der Waals surface area contributed by atoms with E-state index in [1.54, 1.807) is 0 Å². The van der Waals surface area contributed by atoms with Gasteiger partial charge in [0.1, 0.15) is 0 Å². The number of halogens is 2. The predicted octanol–water partition coefficient (Wildman–Crippen LogP) is 1.47. The Morgan fingerprint density at radius 1 is 1.26 bits per heavy atom. The molecule has 0 bridgehead atoms. The lowest BCUT2D eigenvalue weighted by Crippen LogP contribution is -2.51. The number of nitrogens with one attached hydrogen (secondary N) is 1. The van der Waals surface area contributed by atoms with Gasteiger partial charge >= 0.3 is 0 Å². The van der Waals surface area contributed by atoms with Crippen LogP contribution in [0.15, 0.2) is 10.6 Å². The Labute approximate surface area is 149 Å². The van der Waals surface area contributed by atoms with Gasteiger partial charge in [-0.15, -0.1) is 24.8 Å². The molecule has 0 atom stereocenters. The molecule has 1 aromatic heterocycles. The zero-order valence-corrected chi connectivity index (χ0v) is 15.1. The van der Waals surface area contributed by atoms with Gasteiger partial charge in [-0.1, -0.05) is 5.16 Å². The summed E-state index contributed by atoms with van der Waals surface area (Å²) >= 11 is 0. The van der Waals surface area contributed by atoms with E-state index >= 15 is 0 Å². The van der Waals surface area contributed by atoms with Crippen molar-refractivity contribution in [2.45, 2.75) is 26.3 Å². The van der Waals surface area contributed by atoms with Crippen molar-refractivity contribution < 1.29 is 9.32 Å². The van der Waals surface area contributed by atoms with Gasteiger partial charge in [-0.25, -0.2) is 0 Å². The van der Waals surface area contributed by atoms with Crippen molar-refractivity contribution in [3.63, 3.8) is 0 Å². The molecule has 0 aromatic carbocycles. The molecule has 1 amide bonds.